The number of rotatable bonds is 7. The van der Waals surface area contributed by atoms with Crippen molar-refractivity contribution in [2.24, 2.45) is 0 Å². The zero-order chi connectivity index (χ0) is 23.3. The van der Waals surface area contributed by atoms with Crippen molar-refractivity contribution in [1.82, 2.24) is 25.2 Å². The van der Waals surface area contributed by atoms with Gasteiger partial charge < -0.3 is 9.15 Å². The van der Waals surface area contributed by atoms with Gasteiger partial charge in [0, 0.05) is 22.6 Å². The molecule has 5 aromatic rings. The van der Waals surface area contributed by atoms with Crippen molar-refractivity contribution in [3.63, 3.8) is 0 Å². The van der Waals surface area contributed by atoms with Gasteiger partial charge in [-0.05, 0) is 46.8 Å². The minimum atomic E-state index is -0.655. The fraction of sp³-hybridized carbons (Fsp3) is 0.0417. The highest BCUT2D eigenvalue weighted by molar-refractivity contribution is 7.13. The molecule has 0 aliphatic heterocycles. The molecule has 0 fully saturated rings. The van der Waals surface area contributed by atoms with Crippen LogP contribution in [0.4, 0.5) is 4.39 Å². The highest BCUT2D eigenvalue weighted by Gasteiger charge is 2.21. The molecule has 2 aromatic carbocycles. The Kier molecular flexibility index (Phi) is 6.04. The van der Waals surface area contributed by atoms with Crippen LogP contribution in [0.2, 0.25) is 0 Å². The van der Waals surface area contributed by atoms with E-state index in [4.69, 9.17) is 9.15 Å². The van der Waals surface area contributed by atoms with Crippen LogP contribution in [0.15, 0.2) is 82.8 Å². The van der Waals surface area contributed by atoms with Crippen molar-refractivity contribution in [3.8, 4) is 22.0 Å². The van der Waals surface area contributed by atoms with Gasteiger partial charge in [-0.15, -0.1) is 16.4 Å². The first-order valence-corrected chi connectivity index (χ1v) is 11.0. The summed E-state index contributed by atoms with van der Waals surface area (Å²) in [6.45, 7) is -0.0607. The molecule has 8 nitrogen and oxygen atoms in total. The smallest absolute Gasteiger partial charge is 0.357 e. The first-order chi connectivity index (χ1) is 16.7. The number of ether oxygens (including phenoxy) is 1. The van der Waals surface area contributed by atoms with Crippen molar-refractivity contribution >= 4 is 29.1 Å². The number of hydrogen-bond acceptors (Lipinski definition) is 8. The predicted octanol–water partition coefficient (Wildman–Crippen LogP) is 4.94. The summed E-state index contributed by atoms with van der Waals surface area (Å²) in [4.78, 5) is 17.6. The van der Waals surface area contributed by atoms with E-state index in [-0.39, 0.29) is 18.1 Å². The molecule has 10 heteroatoms. The Morgan fingerprint density at radius 1 is 1.06 bits per heavy atom. The highest BCUT2D eigenvalue weighted by Crippen LogP contribution is 2.25. The third-order valence-electron chi connectivity index (χ3n) is 4.76. The largest absolute Gasteiger partial charge is 0.465 e. The molecule has 0 aliphatic rings. The minimum absolute atomic E-state index is 0.0607. The van der Waals surface area contributed by atoms with Gasteiger partial charge in [-0.2, -0.15) is 4.68 Å². The van der Waals surface area contributed by atoms with Crippen LogP contribution in [-0.4, -0.2) is 31.2 Å². The molecular formula is C24H16FN5O3S. The van der Waals surface area contributed by atoms with Crippen molar-refractivity contribution in [3.05, 3.63) is 95.6 Å². The fourth-order valence-electron chi connectivity index (χ4n) is 3.14. The van der Waals surface area contributed by atoms with E-state index in [0.29, 0.717) is 22.3 Å². The molecule has 0 unspecified atom stereocenters. The molecule has 0 spiro atoms. The van der Waals surface area contributed by atoms with Crippen molar-refractivity contribution < 1.29 is 18.3 Å². The van der Waals surface area contributed by atoms with Crippen LogP contribution < -0.4 is 0 Å². The number of carbonyl (C=O) groups is 1. The van der Waals surface area contributed by atoms with Crippen LogP contribution in [0, 0.1) is 5.82 Å². The van der Waals surface area contributed by atoms with Crippen LogP contribution in [0.1, 0.15) is 11.5 Å². The molecule has 34 heavy (non-hydrogen) atoms. The fourth-order valence-corrected chi connectivity index (χ4v) is 3.95. The average molecular weight is 473 g/mol. The van der Waals surface area contributed by atoms with Crippen molar-refractivity contribution in [1.29, 1.82) is 0 Å². The Hall–Kier alpha value is -4.44. The zero-order valence-corrected chi connectivity index (χ0v) is 18.4. The lowest BCUT2D eigenvalue weighted by Crippen LogP contribution is -2.15. The standard InChI is InChI=1S/C24H16FN5O3S/c25-18-10-8-17(9-11-18)23-26-19(15-34-23)14-33-24(31)21(13-20-7-4-12-32-20)30-22(27-28-29-30)16-5-2-1-3-6-16/h1-13,15H,14H2/b21-13-. The molecule has 0 N–H and O–H groups in total. The lowest BCUT2D eigenvalue weighted by Gasteiger charge is -2.09. The number of thiazole rings is 1. The summed E-state index contributed by atoms with van der Waals surface area (Å²) < 4.78 is 25.4. The molecule has 5 rings (SSSR count). The van der Waals surface area contributed by atoms with Gasteiger partial charge in [-0.3, -0.25) is 0 Å². The van der Waals surface area contributed by atoms with Crippen LogP contribution in [0.5, 0.6) is 0 Å². The second-order valence-electron chi connectivity index (χ2n) is 7.05. The maximum Gasteiger partial charge on any atom is 0.357 e. The zero-order valence-electron chi connectivity index (χ0n) is 17.5. The summed E-state index contributed by atoms with van der Waals surface area (Å²) in [6.07, 6.45) is 3.01. The number of halogens is 1. The lowest BCUT2D eigenvalue weighted by atomic mass is 10.2. The van der Waals surface area contributed by atoms with Gasteiger partial charge in [0.2, 0.25) is 0 Å². The van der Waals surface area contributed by atoms with Crippen LogP contribution in [-0.2, 0) is 16.1 Å². The predicted molar refractivity (Wildman–Crippen MR) is 123 cm³/mol. The summed E-state index contributed by atoms with van der Waals surface area (Å²) in [6, 6.07) is 18.7. The monoisotopic (exact) mass is 473 g/mol. The van der Waals surface area contributed by atoms with Crippen LogP contribution >= 0.6 is 11.3 Å². The van der Waals surface area contributed by atoms with Gasteiger partial charge in [-0.25, -0.2) is 14.2 Å². The molecular weight excluding hydrogens is 457 g/mol. The molecule has 3 heterocycles. The summed E-state index contributed by atoms with van der Waals surface area (Å²) in [5.41, 5.74) is 2.15. The second-order valence-corrected chi connectivity index (χ2v) is 7.91. The van der Waals surface area contributed by atoms with Gasteiger partial charge in [0.15, 0.2) is 11.5 Å². The SMILES string of the molecule is O=C(OCc1csc(-c2ccc(F)cc2)n1)/C(=C/c1ccco1)n1nnnc1-c1ccccc1. The van der Waals surface area contributed by atoms with E-state index in [2.05, 4.69) is 20.5 Å². The molecule has 0 saturated heterocycles. The van der Waals surface area contributed by atoms with E-state index in [9.17, 15) is 9.18 Å². The van der Waals surface area contributed by atoms with Gasteiger partial charge in [0.05, 0.1) is 12.0 Å². The molecule has 168 valence electrons. The molecule has 0 radical (unpaired) electrons. The normalized spacial score (nSPS) is 11.5. The van der Waals surface area contributed by atoms with Crippen LogP contribution in [0.3, 0.4) is 0 Å². The molecule has 0 bridgehead atoms. The number of carbonyl (C=O) groups excluding carboxylic acids is 1. The summed E-state index contributed by atoms with van der Waals surface area (Å²) >= 11 is 1.38. The Morgan fingerprint density at radius 2 is 1.88 bits per heavy atom. The van der Waals surface area contributed by atoms with E-state index in [1.165, 1.54) is 40.5 Å². The second kappa shape index (κ2) is 9.59. The van der Waals surface area contributed by atoms with E-state index in [1.54, 1.807) is 29.6 Å². The molecule has 0 amide bonds. The Labute approximate surface area is 197 Å². The molecule has 0 atom stereocenters. The third kappa shape index (κ3) is 4.66. The number of nitrogens with zero attached hydrogens (tertiary/aromatic N) is 5. The van der Waals surface area contributed by atoms with Crippen LogP contribution in [0.25, 0.3) is 33.7 Å². The maximum absolute atomic E-state index is 13.2. The van der Waals surface area contributed by atoms with Gasteiger partial charge in [0.1, 0.15) is 23.2 Å². The van der Waals surface area contributed by atoms with Gasteiger partial charge >= 0.3 is 5.97 Å². The Morgan fingerprint density at radius 3 is 2.65 bits per heavy atom. The topological polar surface area (TPSA) is 95.9 Å². The molecule has 0 saturated carbocycles. The third-order valence-corrected chi connectivity index (χ3v) is 5.70. The molecule has 0 aliphatic carbocycles. The first-order valence-electron chi connectivity index (χ1n) is 10.1. The van der Waals surface area contributed by atoms with E-state index in [0.717, 1.165) is 11.1 Å². The molecule has 3 aromatic heterocycles. The van der Waals surface area contributed by atoms with E-state index >= 15 is 0 Å². The number of benzene rings is 2. The number of furan rings is 1. The first kappa shape index (κ1) is 21.4. The summed E-state index contributed by atoms with van der Waals surface area (Å²) in [7, 11) is 0. The van der Waals surface area contributed by atoms with Gasteiger partial charge in [-0.1, -0.05) is 30.3 Å². The summed E-state index contributed by atoms with van der Waals surface area (Å²) in [5, 5.41) is 14.3. The quantitative estimate of drug-likeness (QED) is 0.244. The Bertz CT molecular complexity index is 1430. The highest BCUT2D eigenvalue weighted by atomic mass is 32.1. The van der Waals surface area contributed by atoms with Crippen molar-refractivity contribution in [2.75, 3.05) is 0 Å². The van der Waals surface area contributed by atoms with E-state index in [1.807, 2.05) is 30.3 Å². The lowest BCUT2D eigenvalue weighted by molar-refractivity contribution is -0.138. The average Bonchev–Trinajstić information content (AvgIpc) is 3.64. The number of tetrazole rings is 1. The van der Waals surface area contributed by atoms with Gasteiger partial charge in [0.25, 0.3) is 0 Å². The number of aromatic nitrogens is 5. The van der Waals surface area contributed by atoms with Crippen molar-refractivity contribution in [2.45, 2.75) is 6.61 Å². The maximum atomic E-state index is 13.2. The number of esters is 1. The Balaban J connectivity index is 1.39. The minimum Gasteiger partial charge on any atom is -0.465 e. The van der Waals surface area contributed by atoms with E-state index < -0.39 is 5.97 Å². The summed E-state index contributed by atoms with van der Waals surface area (Å²) in [5.74, 6) is -0.156. The number of hydrogen-bond donors (Lipinski definition) is 0.